The molecule has 0 unspecified atom stereocenters. The second-order valence-electron chi connectivity index (χ2n) is 5.76. The Hall–Kier alpha value is -0.410. The molecule has 0 aromatic rings. The summed E-state index contributed by atoms with van der Waals surface area (Å²) in [6, 6.07) is 0.0292. The Kier molecular flexibility index (Phi) is 14.4. The maximum atomic E-state index is 10.9. The van der Waals surface area contributed by atoms with Gasteiger partial charge in [0.15, 0.2) is 0 Å². The molecular formula is C15H34N2O. The van der Waals surface area contributed by atoms with Gasteiger partial charge in [-0.15, -0.1) is 0 Å². The van der Waals surface area contributed by atoms with Crippen LogP contribution in [0.2, 0.25) is 0 Å². The summed E-state index contributed by atoms with van der Waals surface area (Å²) in [4.78, 5) is 10.9. The Morgan fingerprint density at radius 2 is 1.61 bits per heavy atom. The zero-order valence-electron chi connectivity index (χ0n) is 13.3. The molecule has 0 saturated heterocycles. The molecule has 0 fully saturated rings. The lowest BCUT2D eigenvalue weighted by atomic mass is 10.0. The molecule has 0 aliphatic carbocycles. The summed E-state index contributed by atoms with van der Waals surface area (Å²) in [7, 11) is 1.81. The second kappa shape index (κ2) is 13.0. The molecule has 0 aliphatic rings. The average molecular weight is 258 g/mol. The van der Waals surface area contributed by atoms with E-state index in [0.717, 1.165) is 31.1 Å². The smallest absolute Gasteiger partial charge is 0.146 e. The maximum Gasteiger partial charge on any atom is 0.146 e. The van der Waals surface area contributed by atoms with Crippen molar-refractivity contribution in [1.29, 1.82) is 0 Å². The fourth-order valence-corrected chi connectivity index (χ4v) is 1.99. The van der Waals surface area contributed by atoms with E-state index in [4.69, 9.17) is 5.73 Å². The summed E-state index contributed by atoms with van der Waals surface area (Å²) in [5, 5.41) is 2.97. The van der Waals surface area contributed by atoms with Crippen molar-refractivity contribution in [2.45, 2.75) is 66.3 Å². The van der Waals surface area contributed by atoms with Crippen molar-refractivity contribution >= 4 is 5.78 Å². The molecule has 0 rings (SSSR count). The Morgan fingerprint density at radius 1 is 1.11 bits per heavy atom. The summed E-state index contributed by atoms with van der Waals surface area (Å²) in [5.41, 5.74) is 5.33. The molecule has 0 aromatic carbocycles. The van der Waals surface area contributed by atoms with Crippen molar-refractivity contribution in [1.82, 2.24) is 5.32 Å². The van der Waals surface area contributed by atoms with E-state index in [2.05, 4.69) is 33.0 Å². The van der Waals surface area contributed by atoms with Gasteiger partial charge < -0.3 is 11.1 Å². The fourth-order valence-electron chi connectivity index (χ4n) is 1.99. The normalized spacial score (nSPS) is 12.3. The van der Waals surface area contributed by atoms with E-state index in [1.807, 2.05) is 7.05 Å². The van der Waals surface area contributed by atoms with E-state index in [1.165, 1.54) is 6.42 Å². The molecule has 3 N–H and O–H groups in total. The second-order valence-corrected chi connectivity index (χ2v) is 5.76. The third kappa shape index (κ3) is 15.6. The Bertz CT molecular complexity index is 185. The molecule has 3 nitrogen and oxygen atoms in total. The Balaban J connectivity index is 0. The SMILES string of the molecule is CC(C)CC(C)C.CN[C@@H](CCCCN)C(C)=O. The third-order valence-electron chi connectivity index (χ3n) is 2.73. The van der Waals surface area contributed by atoms with Gasteiger partial charge in [-0.25, -0.2) is 0 Å². The molecule has 1 atom stereocenters. The number of rotatable bonds is 8. The fraction of sp³-hybridized carbons (Fsp3) is 0.933. The number of hydrogen-bond donors (Lipinski definition) is 2. The quantitative estimate of drug-likeness (QED) is 0.658. The van der Waals surface area contributed by atoms with E-state index in [1.54, 1.807) is 6.92 Å². The Morgan fingerprint density at radius 3 is 1.83 bits per heavy atom. The molecule has 0 amide bonds. The molecule has 0 aromatic heterocycles. The highest BCUT2D eigenvalue weighted by Gasteiger charge is 2.09. The predicted octanol–water partition coefficient (Wildman–Crippen LogP) is 2.98. The molecule has 110 valence electrons. The zero-order chi connectivity index (χ0) is 14.6. The van der Waals surface area contributed by atoms with Crippen LogP contribution in [0.3, 0.4) is 0 Å². The highest BCUT2D eigenvalue weighted by atomic mass is 16.1. The molecule has 0 heterocycles. The lowest BCUT2D eigenvalue weighted by molar-refractivity contribution is -0.119. The van der Waals surface area contributed by atoms with E-state index in [9.17, 15) is 4.79 Å². The standard InChI is InChI=1S/C8H18N2O.C7H16/c1-7(11)8(10-2)5-3-4-6-9;1-6(2)5-7(3)4/h8,10H,3-6,9H2,1-2H3;6-7H,5H2,1-4H3/t8-;/m0./s1. The van der Waals surface area contributed by atoms with Crippen molar-refractivity contribution < 1.29 is 4.79 Å². The molecule has 18 heavy (non-hydrogen) atoms. The lowest BCUT2D eigenvalue weighted by Crippen LogP contribution is -2.32. The number of unbranched alkanes of at least 4 members (excludes halogenated alkanes) is 1. The van der Waals surface area contributed by atoms with E-state index in [-0.39, 0.29) is 11.8 Å². The minimum absolute atomic E-state index is 0.0292. The Labute approximate surface area is 114 Å². The molecule has 0 bridgehead atoms. The van der Waals surface area contributed by atoms with Gasteiger partial charge in [0.05, 0.1) is 6.04 Å². The minimum atomic E-state index is 0.0292. The van der Waals surface area contributed by atoms with Crippen LogP contribution in [0.5, 0.6) is 0 Å². The van der Waals surface area contributed by atoms with Crippen LogP contribution < -0.4 is 11.1 Å². The summed E-state index contributed by atoms with van der Waals surface area (Å²) < 4.78 is 0. The van der Waals surface area contributed by atoms with E-state index in [0.29, 0.717) is 6.54 Å². The van der Waals surface area contributed by atoms with Crippen LogP contribution in [0.1, 0.15) is 60.3 Å². The number of carbonyl (C=O) groups is 1. The maximum absolute atomic E-state index is 10.9. The van der Waals surface area contributed by atoms with Gasteiger partial charge in [-0.05, 0) is 51.6 Å². The number of carbonyl (C=O) groups excluding carboxylic acids is 1. The van der Waals surface area contributed by atoms with Gasteiger partial charge in [-0.2, -0.15) is 0 Å². The predicted molar refractivity (Wildman–Crippen MR) is 80.7 cm³/mol. The molecular weight excluding hydrogens is 224 g/mol. The first-order valence-electron chi connectivity index (χ1n) is 7.22. The zero-order valence-corrected chi connectivity index (χ0v) is 13.3. The van der Waals surface area contributed by atoms with Gasteiger partial charge >= 0.3 is 0 Å². The topological polar surface area (TPSA) is 55.1 Å². The van der Waals surface area contributed by atoms with Crippen LogP contribution in [0.15, 0.2) is 0 Å². The van der Waals surface area contributed by atoms with E-state index < -0.39 is 0 Å². The van der Waals surface area contributed by atoms with Crippen molar-refractivity contribution in [3.63, 3.8) is 0 Å². The number of ketones is 1. The third-order valence-corrected chi connectivity index (χ3v) is 2.73. The molecule has 0 radical (unpaired) electrons. The van der Waals surface area contributed by atoms with Gasteiger partial charge in [0, 0.05) is 0 Å². The number of nitrogens with one attached hydrogen (secondary N) is 1. The monoisotopic (exact) mass is 258 g/mol. The molecule has 0 aliphatic heterocycles. The van der Waals surface area contributed by atoms with Crippen LogP contribution in [0.25, 0.3) is 0 Å². The van der Waals surface area contributed by atoms with Gasteiger partial charge in [-0.3, -0.25) is 4.79 Å². The number of nitrogens with two attached hydrogens (primary N) is 1. The number of likely N-dealkylation sites (N-methyl/N-ethyl adjacent to an activating group) is 1. The van der Waals surface area contributed by atoms with Crippen LogP contribution in [-0.2, 0) is 4.79 Å². The largest absolute Gasteiger partial charge is 0.330 e. The molecule has 3 heteroatoms. The number of hydrogen-bond acceptors (Lipinski definition) is 3. The summed E-state index contributed by atoms with van der Waals surface area (Å²) in [5.74, 6) is 1.96. The van der Waals surface area contributed by atoms with Gasteiger partial charge in [0.2, 0.25) is 0 Å². The number of Topliss-reactive ketones (excluding diaryl/α,β-unsaturated/α-hetero) is 1. The molecule has 0 spiro atoms. The van der Waals surface area contributed by atoms with Gasteiger partial charge in [-0.1, -0.05) is 34.1 Å². The van der Waals surface area contributed by atoms with Crippen molar-refractivity contribution in [2.24, 2.45) is 17.6 Å². The van der Waals surface area contributed by atoms with Gasteiger partial charge in [0.1, 0.15) is 5.78 Å². The first kappa shape index (κ1) is 19.9. The van der Waals surface area contributed by atoms with Crippen LogP contribution in [0, 0.1) is 11.8 Å². The lowest BCUT2D eigenvalue weighted by Gasteiger charge is -2.11. The van der Waals surface area contributed by atoms with Crippen LogP contribution in [0.4, 0.5) is 0 Å². The summed E-state index contributed by atoms with van der Waals surface area (Å²) in [6.07, 6.45) is 4.30. The highest BCUT2D eigenvalue weighted by Crippen LogP contribution is 2.08. The van der Waals surface area contributed by atoms with Crippen LogP contribution in [-0.4, -0.2) is 25.4 Å². The summed E-state index contributed by atoms with van der Waals surface area (Å²) in [6.45, 7) is 11.4. The first-order chi connectivity index (χ1) is 8.34. The minimum Gasteiger partial charge on any atom is -0.330 e. The highest BCUT2D eigenvalue weighted by molar-refractivity contribution is 5.81. The van der Waals surface area contributed by atoms with Crippen molar-refractivity contribution in [3.8, 4) is 0 Å². The van der Waals surface area contributed by atoms with Crippen molar-refractivity contribution in [3.05, 3.63) is 0 Å². The van der Waals surface area contributed by atoms with Crippen LogP contribution >= 0.6 is 0 Å². The van der Waals surface area contributed by atoms with Crippen molar-refractivity contribution in [2.75, 3.05) is 13.6 Å². The van der Waals surface area contributed by atoms with Gasteiger partial charge in [0.25, 0.3) is 0 Å². The molecule has 0 saturated carbocycles. The average Bonchev–Trinajstić information content (AvgIpc) is 2.22. The first-order valence-corrected chi connectivity index (χ1v) is 7.22. The summed E-state index contributed by atoms with van der Waals surface area (Å²) >= 11 is 0. The van der Waals surface area contributed by atoms with E-state index >= 15 is 0 Å².